The molecule has 1 aromatic carbocycles. The van der Waals surface area contributed by atoms with E-state index in [9.17, 15) is 10.2 Å². The Hall–Kier alpha value is -1.91. The van der Waals surface area contributed by atoms with Crippen LogP contribution in [0.3, 0.4) is 0 Å². The van der Waals surface area contributed by atoms with Crippen molar-refractivity contribution in [2.75, 3.05) is 18.1 Å². The summed E-state index contributed by atoms with van der Waals surface area (Å²) >= 11 is 0. The van der Waals surface area contributed by atoms with Crippen LogP contribution in [0.5, 0.6) is 0 Å². The molecule has 0 amide bonds. The minimum atomic E-state index is -0.00530. The van der Waals surface area contributed by atoms with Gasteiger partial charge in [0.05, 0.1) is 13.2 Å². The molecule has 20 heavy (non-hydrogen) atoms. The van der Waals surface area contributed by atoms with Gasteiger partial charge in [-0.05, 0) is 30.2 Å². The molecule has 1 aromatic heterocycles. The highest BCUT2D eigenvalue weighted by Crippen LogP contribution is 2.17. The number of aryl methyl sites for hydroxylation is 1. The van der Waals surface area contributed by atoms with Crippen LogP contribution < -0.4 is 4.90 Å². The molecular weight excluding hydrogens is 252 g/mol. The Morgan fingerprint density at radius 1 is 1.05 bits per heavy atom. The largest absolute Gasteiger partial charge is 0.395 e. The summed E-state index contributed by atoms with van der Waals surface area (Å²) in [6, 6.07) is 13.8. The fourth-order valence-corrected chi connectivity index (χ4v) is 2.17. The smallest absolute Gasteiger partial charge is 0.129 e. The van der Waals surface area contributed by atoms with Crippen LogP contribution in [0.25, 0.3) is 0 Å². The summed E-state index contributed by atoms with van der Waals surface area (Å²) in [5, 5.41) is 18.5. The maximum absolute atomic E-state index is 9.29. The third-order valence-electron chi connectivity index (χ3n) is 3.09. The summed E-state index contributed by atoms with van der Waals surface area (Å²) in [6.07, 6.45) is 0. The monoisotopic (exact) mass is 272 g/mol. The highest BCUT2D eigenvalue weighted by Gasteiger charge is 2.10. The molecule has 106 valence electrons. The summed E-state index contributed by atoms with van der Waals surface area (Å²) in [5.41, 5.74) is 2.86. The van der Waals surface area contributed by atoms with Crippen molar-refractivity contribution >= 4 is 5.82 Å². The van der Waals surface area contributed by atoms with Crippen LogP contribution in [-0.2, 0) is 13.2 Å². The molecule has 2 N–H and O–H groups in total. The van der Waals surface area contributed by atoms with E-state index in [1.54, 1.807) is 0 Å². The molecule has 0 aliphatic heterocycles. The van der Waals surface area contributed by atoms with Gasteiger partial charge in [-0.2, -0.15) is 0 Å². The van der Waals surface area contributed by atoms with E-state index in [0.29, 0.717) is 13.1 Å². The first-order valence-corrected chi connectivity index (χ1v) is 6.71. The summed E-state index contributed by atoms with van der Waals surface area (Å²) < 4.78 is 0. The molecule has 0 atom stereocenters. The van der Waals surface area contributed by atoms with Gasteiger partial charge in [-0.3, -0.25) is 0 Å². The highest BCUT2D eigenvalue weighted by molar-refractivity contribution is 5.43. The van der Waals surface area contributed by atoms with Crippen molar-refractivity contribution in [2.45, 2.75) is 20.1 Å². The van der Waals surface area contributed by atoms with Crippen LogP contribution in [0.1, 0.15) is 16.8 Å². The predicted octanol–water partition coefficient (Wildman–Crippen LogP) is 1.88. The van der Waals surface area contributed by atoms with Crippen LogP contribution in [0.15, 0.2) is 42.5 Å². The Bertz CT molecular complexity index is 543. The van der Waals surface area contributed by atoms with E-state index in [1.165, 1.54) is 0 Å². The van der Waals surface area contributed by atoms with Gasteiger partial charge in [-0.25, -0.2) is 4.98 Å². The molecule has 0 radical (unpaired) electrons. The molecule has 0 saturated carbocycles. The van der Waals surface area contributed by atoms with E-state index in [1.807, 2.05) is 54.3 Å². The fourth-order valence-electron chi connectivity index (χ4n) is 2.17. The number of aliphatic hydroxyl groups is 2. The van der Waals surface area contributed by atoms with Gasteiger partial charge >= 0.3 is 0 Å². The third-order valence-corrected chi connectivity index (χ3v) is 3.09. The zero-order valence-corrected chi connectivity index (χ0v) is 11.7. The quantitative estimate of drug-likeness (QED) is 0.843. The topological polar surface area (TPSA) is 56.6 Å². The van der Waals surface area contributed by atoms with Gasteiger partial charge in [-0.1, -0.05) is 30.3 Å². The van der Waals surface area contributed by atoms with Crippen LogP contribution in [-0.4, -0.2) is 28.3 Å². The average Bonchev–Trinajstić information content (AvgIpc) is 2.47. The summed E-state index contributed by atoms with van der Waals surface area (Å²) in [4.78, 5) is 6.52. The van der Waals surface area contributed by atoms with Gasteiger partial charge in [0, 0.05) is 18.8 Å². The standard InChI is InChI=1S/C16H20N2O2/c1-13-9-15(12-20)10-16(17-13)18(7-8-19)11-14-5-3-2-4-6-14/h2-6,9-10,19-20H,7-8,11-12H2,1H3. The van der Waals surface area contributed by atoms with Crippen molar-refractivity contribution in [2.24, 2.45) is 0 Å². The molecule has 4 heteroatoms. The summed E-state index contributed by atoms with van der Waals surface area (Å²) in [7, 11) is 0. The van der Waals surface area contributed by atoms with E-state index in [2.05, 4.69) is 4.98 Å². The number of pyridine rings is 1. The average molecular weight is 272 g/mol. The Kier molecular flexibility index (Phi) is 5.09. The van der Waals surface area contributed by atoms with Crippen molar-refractivity contribution in [3.05, 3.63) is 59.3 Å². The number of aliphatic hydroxyl groups excluding tert-OH is 2. The molecule has 0 aliphatic carbocycles. The first-order chi connectivity index (χ1) is 9.72. The lowest BCUT2D eigenvalue weighted by atomic mass is 10.2. The zero-order chi connectivity index (χ0) is 14.4. The van der Waals surface area contributed by atoms with E-state index in [0.717, 1.165) is 22.6 Å². The maximum atomic E-state index is 9.29. The molecular formula is C16H20N2O2. The van der Waals surface area contributed by atoms with Crippen molar-refractivity contribution < 1.29 is 10.2 Å². The maximum Gasteiger partial charge on any atom is 0.129 e. The van der Waals surface area contributed by atoms with Crippen molar-refractivity contribution in [1.29, 1.82) is 0 Å². The SMILES string of the molecule is Cc1cc(CO)cc(N(CCO)Cc2ccccc2)n1. The molecule has 0 aliphatic rings. The Morgan fingerprint density at radius 2 is 1.80 bits per heavy atom. The first-order valence-electron chi connectivity index (χ1n) is 6.71. The van der Waals surface area contributed by atoms with Crippen LogP contribution >= 0.6 is 0 Å². The molecule has 4 nitrogen and oxygen atoms in total. The summed E-state index contributed by atoms with van der Waals surface area (Å²) in [6.45, 7) is 3.16. The Morgan fingerprint density at radius 3 is 2.45 bits per heavy atom. The fraction of sp³-hybridized carbons (Fsp3) is 0.312. The van der Waals surface area contributed by atoms with Gasteiger partial charge in [0.2, 0.25) is 0 Å². The number of rotatable bonds is 6. The number of aromatic nitrogens is 1. The number of nitrogens with zero attached hydrogens (tertiary/aromatic N) is 2. The number of hydrogen-bond acceptors (Lipinski definition) is 4. The van der Waals surface area contributed by atoms with Crippen molar-refractivity contribution in [3.63, 3.8) is 0 Å². The van der Waals surface area contributed by atoms with E-state index < -0.39 is 0 Å². The van der Waals surface area contributed by atoms with Crippen LogP contribution in [0.4, 0.5) is 5.82 Å². The van der Waals surface area contributed by atoms with E-state index >= 15 is 0 Å². The number of benzene rings is 1. The number of anilines is 1. The normalized spacial score (nSPS) is 10.6. The molecule has 0 saturated heterocycles. The van der Waals surface area contributed by atoms with Crippen molar-refractivity contribution in [3.8, 4) is 0 Å². The molecule has 0 spiro atoms. The zero-order valence-electron chi connectivity index (χ0n) is 11.7. The molecule has 2 rings (SSSR count). The highest BCUT2D eigenvalue weighted by atomic mass is 16.3. The Balaban J connectivity index is 2.26. The van der Waals surface area contributed by atoms with Gasteiger partial charge in [0.15, 0.2) is 0 Å². The van der Waals surface area contributed by atoms with Gasteiger partial charge in [-0.15, -0.1) is 0 Å². The summed E-state index contributed by atoms with van der Waals surface area (Å²) in [5.74, 6) is 0.784. The number of hydrogen-bond donors (Lipinski definition) is 2. The van der Waals surface area contributed by atoms with Crippen molar-refractivity contribution in [1.82, 2.24) is 4.98 Å². The minimum absolute atomic E-state index is 0.00530. The molecule has 0 bridgehead atoms. The van der Waals surface area contributed by atoms with Crippen LogP contribution in [0.2, 0.25) is 0 Å². The van der Waals surface area contributed by atoms with Crippen LogP contribution in [0, 0.1) is 6.92 Å². The molecule has 0 unspecified atom stereocenters. The second-order valence-corrected chi connectivity index (χ2v) is 4.76. The molecule has 2 aromatic rings. The lowest BCUT2D eigenvalue weighted by molar-refractivity contribution is 0.281. The third kappa shape index (κ3) is 3.79. The predicted molar refractivity (Wildman–Crippen MR) is 79.5 cm³/mol. The van der Waals surface area contributed by atoms with Gasteiger partial charge in [0.25, 0.3) is 0 Å². The van der Waals surface area contributed by atoms with E-state index in [-0.39, 0.29) is 13.2 Å². The molecule has 1 heterocycles. The van der Waals surface area contributed by atoms with E-state index in [4.69, 9.17) is 0 Å². The molecule has 0 fully saturated rings. The van der Waals surface area contributed by atoms with Gasteiger partial charge < -0.3 is 15.1 Å². The second kappa shape index (κ2) is 7.03. The Labute approximate surface area is 119 Å². The lowest BCUT2D eigenvalue weighted by Gasteiger charge is -2.24. The minimum Gasteiger partial charge on any atom is -0.395 e. The lowest BCUT2D eigenvalue weighted by Crippen LogP contribution is -2.27. The second-order valence-electron chi connectivity index (χ2n) is 4.76. The van der Waals surface area contributed by atoms with Gasteiger partial charge in [0.1, 0.15) is 5.82 Å². The first kappa shape index (κ1) is 14.5.